The van der Waals surface area contributed by atoms with Gasteiger partial charge in [-0.2, -0.15) is 0 Å². The summed E-state index contributed by atoms with van der Waals surface area (Å²) in [5, 5.41) is 0. The van der Waals surface area contributed by atoms with Gasteiger partial charge in [-0.3, -0.25) is 9.59 Å². The van der Waals surface area contributed by atoms with E-state index >= 15 is 0 Å². The Bertz CT molecular complexity index is 250. The van der Waals surface area contributed by atoms with Gasteiger partial charge in [-0.15, -0.1) is 0 Å². The van der Waals surface area contributed by atoms with Gasteiger partial charge in [0.05, 0.1) is 0 Å². The van der Waals surface area contributed by atoms with Crippen molar-refractivity contribution in [3.05, 3.63) is 0 Å². The van der Waals surface area contributed by atoms with Gasteiger partial charge in [0, 0.05) is 6.42 Å². The fraction of sp³-hybridized carbons (Fsp3) is 0.778. The number of hydrogen-bond acceptors (Lipinski definition) is 4. The van der Waals surface area contributed by atoms with E-state index in [0.717, 1.165) is 0 Å². The van der Waals surface area contributed by atoms with Gasteiger partial charge in [0.2, 0.25) is 0 Å². The SMILES string of the molecule is CC(C)(C)OC(=O)[C@H](N)C[C@@H](F)C(N)=O. The van der Waals surface area contributed by atoms with Crippen LogP contribution in [0.5, 0.6) is 0 Å². The summed E-state index contributed by atoms with van der Waals surface area (Å²) in [5.41, 5.74) is 9.34. The second kappa shape index (κ2) is 5.06. The monoisotopic (exact) mass is 220 g/mol. The summed E-state index contributed by atoms with van der Waals surface area (Å²) in [4.78, 5) is 21.6. The standard InChI is InChI=1S/C9H17FN2O3/c1-9(2,3)15-8(14)6(11)4-5(10)7(12)13/h5-6H,4,11H2,1-3H3,(H2,12,13)/t5-,6-/m1/s1. The second-order valence-corrected chi connectivity index (χ2v) is 4.25. The first-order chi connectivity index (χ1) is 6.63. The molecule has 0 aromatic rings. The third kappa shape index (κ3) is 6.01. The van der Waals surface area contributed by atoms with Crippen molar-refractivity contribution in [3.63, 3.8) is 0 Å². The van der Waals surface area contributed by atoms with Crippen LogP contribution in [-0.4, -0.2) is 29.7 Å². The third-order valence-electron chi connectivity index (χ3n) is 1.48. The minimum absolute atomic E-state index is 0.454. The van der Waals surface area contributed by atoms with Crippen molar-refractivity contribution >= 4 is 11.9 Å². The molecule has 0 bridgehead atoms. The largest absolute Gasteiger partial charge is 0.459 e. The van der Waals surface area contributed by atoms with E-state index in [9.17, 15) is 14.0 Å². The summed E-state index contributed by atoms with van der Waals surface area (Å²) in [7, 11) is 0. The molecule has 0 saturated carbocycles. The van der Waals surface area contributed by atoms with Crippen molar-refractivity contribution in [1.29, 1.82) is 0 Å². The lowest BCUT2D eigenvalue weighted by Crippen LogP contribution is -2.41. The Hall–Kier alpha value is -1.17. The van der Waals surface area contributed by atoms with Gasteiger partial charge < -0.3 is 16.2 Å². The van der Waals surface area contributed by atoms with Crippen LogP contribution in [0, 0.1) is 0 Å². The van der Waals surface area contributed by atoms with Crippen LogP contribution in [0.3, 0.4) is 0 Å². The molecule has 0 aliphatic carbocycles. The van der Waals surface area contributed by atoms with Crippen molar-refractivity contribution in [2.45, 2.75) is 45.0 Å². The highest BCUT2D eigenvalue weighted by Crippen LogP contribution is 2.10. The highest BCUT2D eigenvalue weighted by Gasteiger charge is 2.26. The summed E-state index contributed by atoms with van der Waals surface area (Å²) < 4.78 is 17.7. The molecule has 4 N–H and O–H groups in total. The van der Waals surface area contributed by atoms with Crippen LogP contribution < -0.4 is 11.5 Å². The van der Waals surface area contributed by atoms with Gasteiger partial charge >= 0.3 is 5.97 Å². The summed E-state index contributed by atoms with van der Waals surface area (Å²) in [5.74, 6) is -1.87. The fourth-order valence-corrected chi connectivity index (χ4v) is 0.813. The van der Waals surface area contributed by atoms with E-state index in [4.69, 9.17) is 16.2 Å². The van der Waals surface area contributed by atoms with Gasteiger partial charge in [0.15, 0.2) is 6.17 Å². The average Bonchev–Trinajstić information content (AvgIpc) is 2.00. The highest BCUT2D eigenvalue weighted by atomic mass is 19.1. The van der Waals surface area contributed by atoms with E-state index in [1.54, 1.807) is 20.8 Å². The topological polar surface area (TPSA) is 95.4 Å². The lowest BCUT2D eigenvalue weighted by Gasteiger charge is -2.22. The van der Waals surface area contributed by atoms with Crippen LogP contribution in [0.25, 0.3) is 0 Å². The molecule has 0 aromatic carbocycles. The molecule has 5 nitrogen and oxygen atoms in total. The molecule has 0 saturated heterocycles. The maximum absolute atomic E-state index is 12.8. The molecule has 1 amide bonds. The van der Waals surface area contributed by atoms with E-state index in [1.165, 1.54) is 0 Å². The molecule has 6 heteroatoms. The minimum Gasteiger partial charge on any atom is -0.459 e. The first-order valence-electron chi connectivity index (χ1n) is 4.55. The van der Waals surface area contributed by atoms with Crippen molar-refractivity contribution in [2.24, 2.45) is 11.5 Å². The molecule has 0 heterocycles. The maximum atomic E-state index is 12.8. The van der Waals surface area contributed by atoms with Crippen LogP contribution in [0.4, 0.5) is 4.39 Å². The Morgan fingerprint density at radius 2 is 1.87 bits per heavy atom. The molecule has 0 aliphatic heterocycles. The van der Waals surface area contributed by atoms with Crippen LogP contribution in [0.1, 0.15) is 27.2 Å². The second-order valence-electron chi connectivity index (χ2n) is 4.25. The summed E-state index contributed by atoms with van der Waals surface area (Å²) in [6.07, 6.45) is -2.38. The van der Waals surface area contributed by atoms with Crippen molar-refractivity contribution in [3.8, 4) is 0 Å². The average molecular weight is 220 g/mol. The Labute approximate surface area is 87.9 Å². The number of halogens is 1. The van der Waals surface area contributed by atoms with Crippen molar-refractivity contribution < 1.29 is 18.7 Å². The molecule has 0 rings (SSSR count). The minimum atomic E-state index is -1.92. The number of hydrogen-bond donors (Lipinski definition) is 2. The molecular formula is C9H17FN2O3. The van der Waals surface area contributed by atoms with E-state index in [0.29, 0.717) is 0 Å². The van der Waals surface area contributed by atoms with E-state index in [2.05, 4.69) is 0 Å². The highest BCUT2D eigenvalue weighted by molar-refractivity contribution is 5.81. The van der Waals surface area contributed by atoms with Crippen molar-refractivity contribution in [1.82, 2.24) is 0 Å². The van der Waals surface area contributed by atoms with Crippen LogP contribution in [0.2, 0.25) is 0 Å². The fourth-order valence-electron chi connectivity index (χ4n) is 0.813. The number of carbonyl (C=O) groups is 2. The van der Waals surface area contributed by atoms with E-state index < -0.39 is 36.1 Å². The molecular weight excluding hydrogens is 203 g/mol. The van der Waals surface area contributed by atoms with Gasteiger partial charge in [-0.25, -0.2) is 4.39 Å². The number of nitrogens with two attached hydrogens (primary N) is 2. The molecule has 88 valence electrons. The van der Waals surface area contributed by atoms with Crippen molar-refractivity contribution in [2.75, 3.05) is 0 Å². The Kier molecular flexibility index (Phi) is 4.67. The number of amides is 1. The number of esters is 1. The quantitative estimate of drug-likeness (QED) is 0.645. The molecule has 0 aromatic heterocycles. The molecule has 0 unspecified atom stereocenters. The smallest absolute Gasteiger partial charge is 0.323 e. The number of primary amides is 1. The number of rotatable bonds is 4. The summed E-state index contributed by atoms with van der Waals surface area (Å²) in [6.45, 7) is 5.00. The normalized spacial score (nSPS) is 15.5. The molecule has 0 aliphatic rings. The number of ether oxygens (including phenoxy) is 1. The molecule has 0 spiro atoms. The van der Waals surface area contributed by atoms with Crippen LogP contribution in [0.15, 0.2) is 0 Å². The Morgan fingerprint density at radius 1 is 1.40 bits per heavy atom. The Morgan fingerprint density at radius 3 is 2.20 bits per heavy atom. The maximum Gasteiger partial charge on any atom is 0.323 e. The lowest BCUT2D eigenvalue weighted by molar-refractivity contribution is -0.157. The number of alkyl halides is 1. The predicted octanol–water partition coefficient (Wildman–Crippen LogP) is -0.131. The zero-order valence-corrected chi connectivity index (χ0v) is 9.12. The number of carbonyl (C=O) groups excluding carboxylic acids is 2. The van der Waals surface area contributed by atoms with Crippen LogP contribution in [-0.2, 0) is 14.3 Å². The zero-order valence-electron chi connectivity index (χ0n) is 9.12. The molecule has 15 heavy (non-hydrogen) atoms. The van der Waals surface area contributed by atoms with Gasteiger partial charge in [0.1, 0.15) is 11.6 Å². The summed E-state index contributed by atoms with van der Waals surface area (Å²) >= 11 is 0. The molecule has 2 atom stereocenters. The third-order valence-corrected chi connectivity index (χ3v) is 1.48. The van der Waals surface area contributed by atoms with E-state index in [1.807, 2.05) is 0 Å². The first kappa shape index (κ1) is 13.8. The van der Waals surface area contributed by atoms with Gasteiger partial charge in [-0.05, 0) is 20.8 Å². The first-order valence-corrected chi connectivity index (χ1v) is 4.55. The Balaban J connectivity index is 4.17. The predicted molar refractivity (Wildman–Crippen MR) is 52.5 cm³/mol. The van der Waals surface area contributed by atoms with Gasteiger partial charge in [0.25, 0.3) is 5.91 Å². The molecule has 0 radical (unpaired) electrons. The summed E-state index contributed by atoms with van der Waals surface area (Å²) in [6, 6.07) is -1.17. The van der Waals surface area contributed by atoms with Crippen LogP contribution >= 0.6 is 0 Å². The lowest BCUT2D eigenvalue weighted by atomic mass is 10.1. The van der Waals surface area contributed by atoms with E-state index in [-0.39, 0.29) is 0 Å². The van der Waals surface area contributed by atoms with Gasteiger partial charge in [-0.1, -0.05) is 0 Å². The molecule has 0 fully saturated rings. The zero-order chi connectivity index (χ0) is 12.2.